The van der Waals surface area contributed by atoms with E-state index < -0.39 is 0 Å². The highest BCUT2D eigenvalue weighted by Crippen LogP contribution is 2.27. The van der Waals surface area contributed by atoms with Gasteiger partial charge in [-0.05, 0) is 44.0 Å². The number of fused-ring (bicyclic) bond motifs is 4. The molecule has 8 nitrogen and oxygen atoms in total. The van der Waals surface area contributed by atoms with Gasteiger partial charge in [0.25, 0.3) is 5.56 Å². The third-order valence-corrected chi connectivity index (χ3v) is 5.95. The van der Waals surface area contributed by atoms with E-state index >= 15 is 0 Å². The van der Waals surface area contributed by atoms with Gasteiger partial charge in [0, 0.05) is 6.61 Å². The summed E-state index contributed by atoms with van der Waals surface area (Å²) in [6.45, 7) is 3.53. The minimum atomic E-state index is -0.106. The topological polar surface area (TPSA) is 88.0 Å². The zero-order chi connectivity index (χ0) is 20.9. The van der Waals surface area contributed by atoms with Crippen LogP contribution in [0.3, 0.4) is 0 Å². The predicted octanol–water partition coefficient (Wildman–Crippen LogP) is 3.42. The molecule has 0 N–H and O–H groups in total. The number of aryl methyl sites for hydroxylation is 1. The van der Waals surface area contributed by atoms with Gasteiger partial charge in [0.15, 0.2) is 11.3 Å². The van der Waals surface area contributed by atoms with Crippen LogP contribution < -0.4 is 5.56 Å². The van der Waals surface area contributed by atoms with Crippen molar-refractivity contribution in [3.05, 3.63) is 64.6 Å². The fourth-order valence-electron chi connectivity index (χ4n) is 4.41. The molecule has 5 heterocycles. The van der Waals surface area contributed by atoms with Crippen LogP contribution in [0.15, 0.2) is 51.9 Å². The van der Waals surface area contributed by atoms with Gasteiger partial charge in [-0.2, -0.15) is 0 Å². The molecule has 1 saturated heterocycles. The summed E-state index contributed by atoms with van der Waals surface area (Å²) in [5.41, 5.74) is 3.19. The Balaban J connectivity index is 1.66. The van der Waals surface area contributed by atoms with Gasteiger partial charge in [-0.15, -0.1) is 0 Å². The fourth-order valence-corrected chi connectivity index (χ4v) is 4.41. The molecule has 1 atom stereocenters. The Kier molecular flexibility index (Phi) is 4.14. The smallest absolute Gasteiger partial charge is 0.265 e. The van der Waals surface area contributed by atoms with Crippen LogP contribution in [0.1, 0.15) is 24.4 Å². The van der Waals surface area contributed by atoms with Crippen molar-refractivity contribution in [3.8, 4) is 0 Å². The quantitative estimate of drug-likeness (QED) is 0.447. The van der Waals surface area contributed by atoms with Crippen LogP contribution in [0.2, 0.25) is 0 Å². The highest BCUT2D eigenvalue weighted by molar-refractivity contribution is 6.04. The van der Waals surface area contributed by atoms with Gasteiger partial charge in [-0.1, -0.05) is 12.1 Å². The zero-order valence-corrected chi connectivity index (χ0v) is 17.1. The Morgan fingerprint density at radius 2 is 1.87 bits per heavy atom. The van der Waals surface area contributed by atoms with E-state index in [-0.39, 0.29) is 11.7 Å². The van der Waals surface area contributed by atoms with Crippen LogP contribution >= 0.6 is 0 Å². The van der Waals surface area contributed by atoms with Crippen molar-refractivity contribution in [3.63, 3.8) is 0 Å². The van der Waals surface area contributed by atoms with Crippen LogP contribution in [0.5, 0.6) is 0 Å². The molecular weight excluding hydrogens is 394 g/mol. The van der Waals surface area contributed by atoms with Gasteiger partial charge in [0.2, 0.25) is 0 Å². The van der Waals surface area contributed by atoms with Gasteiger partial charge < -0.3 is 13.7 Å². The number of hydrogen-bond acceptors (Lipinski definition) is 6. The molecule has 0 unspecified atom stereocenters. The molecule has 156 valence electrons. The average Bonchev–Trinajstić information content (AvgIpc) is 3.52. The van der Waals surface area contributed by atoms with Crippen molar-refractivity contribution in [2.45, 2.75) is 39.0 Å². The fraction of sp³-hybridized carbons (Fsp3) is 0.304. The van der Waals surface area contributed by atoms with Crippen LogP contribution in [-0.2, 0) is 17.8 Å². The van der Waals surface area contributed by atoms with Crippen molar-refractivity contribution in [2.75, 3.05) is 6.61 Å². The molecule has 0 bridgehead atoms. The highest BCUT2D eigenvalue weighted by Gasteiger charge is 2.24. The first kappa shape index (κ1) is 18.3. The molecule has 31 heavy (non-hydrogen) atoms. The van der Waals surface area contributed by atoms with Gasteiger partial charge in [-0.25, -0.2) is 15.0 Å². The normalized spacial score (nSPS) is 16.7. The van der Waals surface area contributed by atoms with E-state index in [4.69, 9.17) is 24.1 Å². The third kappa shape index (κ3) is 2.94. The van der Waals surface area contributed by atoms with E-state index in [2.05, 4.69) is 0 Å². The lowest BCUT2D eigenvalue weighted by molar-refractivity contribution is 0.0955. The van der Waals surface area contributed by atoms with Crippen LogP contribution in [0.4, 0.5) is 0 Å². The molecule has 0 radical (unpaired) electrons. The van der Waals surface area contributed by atoms with E-state index in [1.54, 1.807) is 10.8 Å². The zero-order valence-electron chi connectivity index (χ0n) is 17.1. The molecule has 1 aromatic carbocycles. The molecule has 0 amide bonds. The first-order valence-electron chi connectivity index (χ1n) is 10.5. The number of benzene rings is 1. The Labute approximate surface area is 177 Å². The molecule has 0 aliphatic carbocycles. The van der Waals surface area contributed by atoms with E-state index in [1.807, 2.05) is 47.9 Å². The summed E-state index contributed by atoms with van der Waals surface area (Å²) in [4.78, 5) is 28.2. The maximum Gasteiger partial charge on any atom is 0.265 e. The largest absolute Gasteiger partial charge is 0.467 e. The van der Waals surface area contributed by atoms with E-state index in [0.717, 1.165) is 36.2 Å². The Hall–Kier alpha value is -3.52. The summed E-state index contributed by atoms with van der Waals surface area (Å²) >= 11 is 0. The second-order valence-corrected chi connectivity index (χ2v) is 7.96. The average molecular weight is 415 g/mol. The van der Waals surface area contributed by atoms with Gasteiger partial charge in [0.05, 0.1) is 36.5 Å². The molecule has 6 rings (SSSR count). The maximum absolute atomic E-state index is 13.7. The number of ether oxygens (including phenoxy) is 1. The van der Waals surface area contributed by atoms with Crippen LogP contribution in [0.25, 0.3) is 33.2 Å². The van der Waals surface area contributed by atoms with Crippen molar-refractivity contribution >= 4 is 33.2 Å². The maximum atomic E-state index is 13.7. The molecule has 5 aromatic rings. The predicted molar refractivity (Wildman–Crippen MR) is 116 cm³/mol. The highest BCUT2D eigenvalue weighted by atomic mass is 16.5. The lowest BCUT2D eigenvalue weighted by Crippen LogP contribution is -2.29. The lowest BCUT2D eigenvalue weighted by atomic mass is 10.2. The van der Waals surface area contributed by atoms with Gasteiger partial charge in [0.1, 0.15) is 22.5 Å². The number of aromatic nitrogens is 5. The number of hydrogen-bond donors (Lipinski definition) is 0. The molecule has 0 spiro atoms. The van der Waals surface area contributed by atoms with E-state index in [1.165, 1.54) is 0 Å². The summed E-state index contributed by atoms with van der Waals surface area (Å²) < 4.78 is 15.0. The SMILES string of the molecule is Cc1nc2c(c(=O)n1C[C@H]1CCCO1)c1nc3ccccc3nc1n2Cc1ccco1. The van der Waals surface area contributed by atoms with Gasteiger partial charge in [-0.3, -0.25) is 9.36 Å². The molecule has 1 aliphatic heterocycles. The summed E-state index contributed by atoms with van der Waals surface area (Å²) in [6, 6.07) is 11.4. The Bertz CT molecular complexity index is 1480. The minimum Gasteiger partial charge on any atom is -0.467 e. The summed E-state index contributed by atoms with van der Waals surface area (Å²) in [7, 11) is 0. The standard InChI is InChI=1S/C23H21N5O3/c1-14-24-21-19(23(29)27(14)12-15-6-4-10-30-15)20-22(28(21)13-16-7-5-11-31-16)26-18-9-3-2-8-17(18)25-20/h2-3,5,7-9,11,15H,4,6,10,12-13H2,1H3/t15-/m1/s1. The van der Waals surface area contributed by atoms with Crippen molar-refractivity contribution in [2.24, 2.45) is 0 Å². The van der Waals surface area contributed by atoms with E-state index in [0.29, 0.717) is 41.1 Å². The van der Waals surface area contributed by atoms with Crippen molar-refractivity contribution < 1.29 is 9.15 Å². The molecule has 1 aliphatic rings. The minimum absolute atomic E-state index is 0.0408. The first-order chi connectivity index (χ1) is 15.2. The Morgan fingerprint density at radius 3 is 2.61 bits per heavy atom. The van der Waals surface area contributed by atoms with Crippen molar-refractivity contribution in [1.82, 2.24) is 24.1 Å². The summed E-state index contributed by atoms with van der Waals surface area (Å²) in [5.74, 6) is 1.41. The number of nitrogens with zero attached hydrogens (tertiary/aromatic N) is 5. The van der Waals surface area contributed by atoms with Crippen LogP contribution in [-0.4, -0.2) is 36.8 Å². The molecule has 8 heteroatoms. The second kappa shape index (κ2) is 7.02. The summed E-state index contributed by atoms with van der Waals surface area (Å²) in [6.07, 6.45) is 3.65. The van der Waals surface area contributed by atoms with Crippen LogP contribution in [0, 0.1) is 6.92 Å². The first-order valence-corrected chi connectivity index (χ1v) is 10.5. The molecular formula is C23H21N5O3. The summed E-state index contributed by atoms with van der Waals surface area (Å²) in [5, 5.41) is 0.489. The number of rotatable bonds is 4. The second-order valence-electron chi connectivity index (χ2n) is 7.96. The van der Waals surface area contributed by atoms with Crippen molar-refractivity contribution in [1.29, 1.82) is 0 Å². The number of para-hydroxylation sites is 2. The molecule has 0 saturated carbocycles. The molecule has 1 fully saturated rings. The van der Waals surface area contributed by atoms with Gasteiger partial charge >= 0.3 is 0 Å². The Morgan fingerprint density at radius 1 is 1.03 bits per heavy atom. The number of furan rings is 1. The monoisotopic (exact) mass is 415 g/mol. The lowest BCUT2D eigenvalue weighted by Gasteiger charge is -2.14. The third-order valence-electron chi connectivity index (χ3n) is 5.95. The molecule has 4 aromatic heterocycles. The van der Waals surface area contributed by atoms with E-state index in [9.17, 15) is 4.79 Å².